The van der Waals surface area contributed by atoms with Crippen molar-refractivity contribution in [1.29, 1.82) is 0 Å². The van der Waals surface area contributed by atoms with Crippen molar-refractivity contribution < 1.29 is 10.2 Å². The smallest absolute Gasteiger partial charge is 0.115 e. The van der Waals surface area contributed by atoms with E-state index < -0.39 is 0 Å². The van der Waals surface area contributed by atoms with E-state index in [2.05, 4.69) is 60.7 Å². The molecule has 0 heterocycles. The van der Waals surface area contributed by atoms with Crippen molar-refractivity contribution in [2.75, 3.05) is 0 Å². The summed E-state index contributed by atoms with van der Waals surface area (Å²) >= 11 is 0. The first kappa shape index (κ1) is 20.2. The van der Waals surface area contributed by atoms with Crippen molar-refractivity contribution in [1.82, 2.24) is 0 Å². The second-order valence-electron chi connectivity index (χ2n) is 5.53. The summed E-state index contributed by atoms with van der Waals surface area (Å²) in [5, 5.41) is 20.1. The molecule has 2 N–H and O–H groups in total. The second kappa shape index (κ2) is 12.3. The molecule has 0 aliphatic rings. The zero-order valence-corrected chi connectivity index (χ0v) is 15.9. The fourth-order valence-electron chi connectivity index (χ4n) is 2.07. The van der Waals surface area contributed by atoms with Gasteiger partial charge in [0.05, 0.1) is 0 Å². The molecule has 0 fully saturated rings. The minimum atomic E-state index is 0.322. The third kappa shape index (κ3) is 9.25. The van der Waals surface area contributed by atoms with Crippen LogP contribution in [0.25, 0.3) is 0 Å². The Labute approximate surface area is 162 Å². The highest BCUT2D eigenvalue weighted by molar-refractivity contribution is 7.55. The molecule has 0 saturated carbocycles. The molecule has 4 rings (SSSR count). The van der Waals surface area contributed by atoms with Crippen LogP contribution in [0.3, 0.4) is 0 Å². The Kier molecular flexibility index (Phi) is 9.21. The Morgan fingerprint density at radius 2 is 0.630 bits per heavy atom. The molecule has 0 aromatic heterocycles. The molecular formula is C24H23O2P. The molecule has 0 spiro atoms. The molecule has 0 saturated heterocycles. The van der Waals surface area contributed by atoms with Crippen LogP contribution in [-0.4, -0.2) is 10.2 Å². The Morgan fingerprint density at radius 1 is 0.370 bits per heavy atom. The Hall–Kier alpha value is -3.09. The van der Waals surface area contributed by atoms with Crippen molar-refractivity contribution in [2.45, 2.75) is 0 Å². The topological polar surface area (TPSA) is 40.5 Å². The van der Waals surface area contributed by atoms with Crippen LogP contribution in [0.4, 0.5) is 0 Å². The zero-order valence-electron chi connectivity index (χ0n) is 14.9. The monoisotopic (exact) mass is 374 g/mol. The summed E-state index contributed by atoms with van der Waals surface area (Å²) in [7, 11) is 0.777. The van der Waals surface area contributed by atoms with E-state index in [9.17, 15) is 0 Å². The summed E-state index contributed by atoms with van der Waals surface area (Å²) in [6.07, 6.45) is 0. The summed E-state index contributed by atoms with van der Waals surface area (Å²) in [6, 6.07) is 38.6. The van der Waals surface area contributed by atoms with Gasteiger partial charge >= 0.3 is 0 Å². The number of para-hydroxylation sites is 2. The van der Waals surface area contributed by atoms with Gasteiger partial charge in [-0.05, 0) is 34.9 Å². The summed E-state index contributed by atoms with van der Waals surface area (Å²) in [5.74, 6) is 0.644. The highest BCUT2D eigenvalue weighted by Gasteiger charge is 1.92. The van der Waals surface area contributed by atoms with Crippen LogP contribution in [0.2, 0.25) is 0 Å². The molecule has 27 heavy (non-hydrogen) atoms. The Balaban J connectivity index is 0.000000159. The van der Waals surface area contributed by atoms with Crippen molar-refractivity contribution >= 4 is 19.2 Å². The minimum absolute atomic E-state index is 0.322. The van der Waals surface area contributed by atoms with Gasteiger partial charge in [-0.1, -0.05) is 106 Å². The molecule has 136 valence electrons. The maximum absolute atomic E-state index is 8.63. The van der Waals surface area contributed by atoms with E-state index in [-0.39, 0.29) is 0 Å². The quantitative estimate of drug-likeness (QED) is 0.479. The third-order valence-corrected chi connectivity index (χ3v) is 4.59. The maximum Gasteiger partial charge on any atom is 0.115 e. The number of hydrogen-bond acceptors (Lipinski definition) is 2. The van der Waals surface area contributed by atoms with E-state index in [1.54, 1.807) is 48.5 Å². The van der Waals surface area contributed by atoms with Gasteiger partial charge in [0.2, 0.25) is 0 Å². The molecule has 4 aromatic carbocycles. The fourth-order valence-corrected chi connectivity index (χ4v) is 3.12. The molecule has 0 aliphatic carbocycles. The normalized spacial score (nSPS) is 9.19. The van der Waals surface area contributed by atoms with Gasteiger partial charge in [-0.2, -0.15) is 0 Å². The van der Waals surface area contributed by atoms with E-state index in [0.29, 0.717) is 11.5 Å². The lowest BCUT2D eigenvalue weighted by molar-refractivity contribution is 0.475. The van der Waals surface area contributed by atoms with Gasteiger partial charge in [-0.3, -0.25) is 0 Å². The Morgan fingerprint density at radius 3 is 0.852 bits per heavy atom. The molecule has 0 amide bonds. The summed E-state index contributed by atoms with van der Waals surface area (Å²) in [6.45, 7) is 0. The van der Waals surface area contributed by atoms with Crippen LogP contribution in [-0.2, 0) is 0 Å². The molecule has 0 radical (unpaired) electrons. The van der Waals surface area contributed by atoms with Gasteiger partial charge in [0, 0.05) is 0 Å². The first-order valence-corrected chi connectivity index (χ1v) is 9.59. The van der Waals surface area contributed by atoms with Crippen molar-refractivity contribution in [2.24, 2.45) is 0 Å². The van der Waals surface area contributed by atoms with Crippen molar-refractivity contribution in [3.05, 3.63) is 121 Å². The van der Waals surface area contributed by atoms with Crippen LogP contribution < -0.4 is 10.6 Å². The molecule has 0 bridgehead atoms. The van der Waals surface area contributed by atoms with E-state index in [1.807, 2.05) is 12.1 Å². The SMILES string of the molecule is Oc1ccccc1.Oc1ccccc1.c1ccc(Pc2ccccc2)cc1. The molecule has 0 unspecified atom stereocenters. The number of hydrogen-bond donors (Lipinski definition) is 2. The number of aromatic hydroxyl groups is 2. The second-order valence-corrected chi connectivity index (χ2v) is 6.93. The average Bonchev–Trinajstić information content (AvgIpc) is 2.72. The van der Waals surface area contributed by atoms with Crippen molar-refractivity contribution in [3.63, 3.8) is 0 Å². The Bertz CT molecular complexity index is 777. The molecular weight excluding hydrogens is 351 g/mol. The van der Waals surface area contributed by atoms with Crippen LogP contribution in [0.5, 0.6) is 11.5 Å². The molecule has 0 aliphatic heterocycles. The lowest BCUT2D eigenvalue weighted by atomic mass is 10.3. The standard InChI is InChI=1S/C12H11P.2C6H6O/c1-3-7-11(8-4-1)13-12-9-5-2-6-10-12;2*7-6-4-2-1-3-5-6/h1-10,13H;2*1-5,7H. The van der Waals surface area contributed by atoms with E-state index in [4.69, 9.17) is 10.2 Å². The molecule has 2 nitrogen and oxygen atoms in total. The lowest BCUT2D eigenvalue weighted by Gasteiger charge is -2.00. The highest BCUT2D eigenvalue weighted by atomic mass is 31.1. The number of phenols is 2. The van der Waals surface area contributed by atoms with E-state index >= 15 is 0 Å². The van der Waals surface area contributed by atoms with Gasteiger partial charge in [-0.25, -0.2) is 0 Å². The number of benzene rings is 4. The summed E-state index contributed by atoms with van der Waals surface area (Å²) in [4.78, 5) is 0. The maximum atomic E-state index is 8.63. The number of rotatable bonds is 2. The summed E-state index contributed by atoms with van der Waals surface area (Å²) in [5.41, 5.74) is 0. The highest BCUT2D eigenvalue weighted by Crippen LogP contribution is 2.08. The van der Waals surface area contributed by atoms with Crippen LogP contribution >= 0.6 is 8.58 Å². The largest absolute Gasteiger partial charge is 0.508 e. The molecule has 0 atom stereocenters. The van der Waals surface area contributed by atoms with Crippen LogP contribution in [0.1, 0.15) is 0 Å². The van der Waals surface area contributed by atoms with Crippen LogP contribution in [0.15, 0.2) is 121 Å². The molecule has 3 heteroatoms. The van der Waals surface area contributed by atoms with Crippen molar-refractivity contribution in [3.8, 4) is 11.5 Å². The van der Waals surface area contributed by atoms with Crippen LogP contribution in [0, 0.1) is 0 Å². The summed E-state index contributed by atoms with van der Waals surface area (Å²) < 4.78 is 0. The number of phenolic OH excluding ortho intramolecular Hbond substituents is 2. The predicted octanol–water partition coefficient (Wildman–Crippen LogP) is 5.10. The van der Waals surface area contributed by atoms with Gasteiger partial charge in [0.1, 0.15) is 11.5 Å². The molecule has 4 aromatic rings. The van der Waals surface area contributed by atoms with E-state index in [0.717, 1.165) is 8.58 Å². The van der Waals surface area contributed by atoms with Gasteiger partial charge < -0.3 is 10.2 Å². The van der Waals surface area contributed by atoms with Gasteiger partial charge in [0.25, 0.3) is 0 Å². The predicted molar refractivity (Wildman–Crippen MR) is 117 cm³/mol. The minimum Gasteiger partial charge on any atom is -0.508 e. The average molecular weight is 374 g/mol. The van der Waals surface area contributed by atoms with Gasteiger partial charge in [-0.15, -0.1) is 0 Å². The van der Waals surface area contributed by atoms with E-state index in [1.165, 1.54) is 10.6 Å². The first-order chi connectivity index (χ1) is 13.2. The zero-order chi connectivity index (χ0) is 19.2. The lowest BCUT2D eigenvalue weighted by Crippen LogP contribution is -2.01. The van der Waals surface area contributed by atoms with Gasteiger partial charge in [0.15, 0.2) is 0 Å². The third-order valence-electron chi connectivity index (χ3n) is 3.35. The fraction of sp³-hybridized carbons (Fsp3) is 0. The first-order valence-electron chi connectivity index (χ1n) is 8.59.